The number of hydrogen-bond acceptors (Lipinski definition) is 3. The van der Waals surface area contributed by atoms with Crippen LogP contribution in [0.5, 0.6) is 0 Å². The number of aliphatic imine (C=N–C) groups is 1. The van der Waals surface area contributed by atoms with Gasteiger partial charge < -0.3 is 5.32 Å². The first-order valence-electron chi connectivity index (χ1n) is 6.83. The predicted octanol–water partition coefficient (Wildman–Crippen LogP) is 4.09. The number of hydrogen-bond donors (Lipinski definition) is 1. The molecule has 2 nitrogen and oxygen atoms in total. The Labute approximate surface area is 117 Å². The number of para-hydroxylation sites is 1. The molecule has 1 aliphatic carbocycles. The van der Waals surface area contributed by atoms with Crippen LogP contribution in [0, 0.1) is 6.92 Å². The number of benzene rings is 1. The van der Waals surface area contributed by atoms with Gasteiger partial charge in [0.05, 0.1) is 6.34 Å². The molecule has 1 aromatic carbocycles. The molecule has 1 atom stereocenters. The number of thiophene rings is 1. The molecule has 2 heterocycles. The van der Waals surface area contributed by atoms with Crippen LogP contribution in [0.1, 0.15) is 38.9 Å². The van der Waals surface area contributed by atoms with Crippen LogP contribution in [0.3, 0.4) is 0 Å². The number of rotatable bonds is 1. The van der Waals surface area contributed by atoms with E-state index in [0.29, 0.717) is 0 Å². The van der Waals surface area contributed by atoms with Gasteiger partial charge in [-0.1, -0.05) is 18.2 Å². The summed E-state index contributed by atoms with van der Waals surface area (Å²) in [6, 6.07) is 8.70. The lowest BCUT2D eigenvalue weighted by atomic mass is 9.93. The molecule has 0 saturated heterocycles. The Morgan fingerprint density at radius 2 is 2.16 bits per heavy atom. The fourth-order valence-electron chi connectivity index (χ4n) is 3.28. The molecule has 1 aliphatic heterocycles. The second-order valence-electron chi connectivity index (χ2n) is 5.24. The topological polar surface area (TPSA) is 24.4 Å². The van der Waals surface area contributed by atoms with Crippen LogP contribution in [-0.4, -0.2) is 6.34 Å². The second kappa shape index (κ2) is 4.20. The average Bonchev–Trinajstić information content (AvgIpc) is 2.98. The van der Waals surface area contributed by atoms with Crippen LogP contribution >= 0.6 is 11.3 Å². The van der Waals surface area contributed by atoms with E-state index < -0.39 is 0 Å². The third-order valence-electron chi connectivity index (χ3n) is 4.12. The maximum Gasteiger partial charge on any atom is 0.105 e. The molecule has 0 spiro atoms. The zero-order valence-electron chi connectivity index (χ0n) is 10.9. The van der Waals surface area contributed by atoms with E-state index in [9.17, 15) is 0 Å². The summed E-state index contributed by atoms with van der Waals surface area (Å²) < 4.78 is 0. The standard InChI is InChI=1S/C16H16N2S/c1-10-15(12-6-4-8-14(12)19-10)16-11-5-2-3-7-13(11)17-9-18-16/h2-3,5,7,9,16H,4,6,8H2,1H3,(H,17,18). The quantitative estimate of drug-likeness (QED) is 0.827. The molecule has 1 N–H and O–H groups in total. The van der Waals surface area contributed by atoms with E-state index in [4.69, 9.17) is 4.99 Å². The number of aryl methyl sites for hydroxylation is 2. The van der Waals surface area contributed by atoms with Gasteiger partial charge in [0, 0.05) is 21.0 Å². The van der Waals surface area contributed by atoms with Gasteiger partial charge in [0.1, 0.15) is 6.04 Å². The Morgan fingerprint density at radius 1 is 1.26 bits per heavy atom. The normalized spacial score (nSPS) is 19.9. The summed E-state index contributed by atoms with van der Waals surface area (Å²) in [6.07, 6.45) is 5.66. The molecule has 96 valence electrons. The van der Waals surface area contributed by atoms with Crippen molar-refractivity contribution in [2.24, 2.45) is 4.99 Å². The fourth-order valence-corrected chi connectivity index (χ4v) is 4.58. The zero-order valence-corrected chi connectivity index (χ0v) is 11.8. The minimum atomic E-state index is 0.190. The smallest absolute Gasteiger partial charge is 0.105 e. The molecule has 2 aliphatic rings. The molecule has 0 amide bonds. The molecule has 0 fully saturated rings. The van der Waals surface area contributed by atoms with Crippen molar-refractivity contribution in [2.75, 3.05) is 5.32 Å². The van der Waals surface area contributed by atoms with E-state index in [2.05, 4.69) is 36.5 Å². The van der Waals surface area contributed by atoms with Crippen LogP contribution in [0.25, 0.3) is 0 Å². The van der Waals surface area contributed by atoms with Crippen LogP contribution in [0.2, 0.25) is 0 Å². The maximum absolute atomic E-state index is 4.72. The molecule has 1 unspecified atom stereocenters. The third-order valence-corrected chi connectivity index (χ3v) is 5.34. The van der Waals surface area contributed by atoms with Crippen molar-refractivity contribution >= 4 is 23.4 Å². The molecule has 0 bridgehead atoms. The first-order chi connectivity index (χ1) is 9.34. The van der Waals surface area contributed by atoms with E-state index in [1.807, 2.05) is 17.7 Å². The number of anilines is 1. The second-order valence-corrected chi connectivity index (χ2v) is 6.55. The molecule has 1 aromatic heterocycles. The van der Waals surface area contributed by atoms with Gasteiger partial charge in [0.25, 0.3) is 0 Å². The number of nitrogens with one attached hydrogen (secondary N) is 1. The Morgan fingerprint density at radius 3 is 3.11 bits per heavy atom. The Balaban J connectivity index is 1.89. The lowest BCUT2D eigenvalue weighted by Crippen LogP contribution is -2.12. The van der Waals surface area contributed by atoms with Crippen molar-refractivity contribution in [1.82, 2.24) is 0 Å². The summed E-state index contributed by atoms with van der Waals surface area (Å²) in [5, 5.41) is 3.25. The highest BCUT2D eigenvalue weighted by atomic mass is 32.1. The number of nitrogens with zero attached hydrogens (tertiary/aromatic N) is 1. The predicted molar refractivity (Wildman–Crippen MR) is 81.5 cm³/mol. The maximum atomic E-state index is 4.72. The van der Waals surface area contributed by atoms with Crippen LogP contribution in [0.4, 0.5) is 5.69 Å². The zero-order chi connectivity index (χ0) is 12.8. The summed E-state index contributed by atoms with van der Waals surface area (Å²) in [6.45, 7) is 2.25. The molecular weight excluding hydrogens is 252 g/mol. The highest BCUT2D eigenvalue weighted by molar-refractivity contribution is 7.12. The Bertz CT molecular complexity index is 669. The lowest BCUT2D eigenvalue weighted by Gasteiger charge is -2.22. The molecule has 19 heavy (non-hydrogen) atoms. The van der Waals surface area contributed by atoms with Crippen LogP contribution in [-0.2, 0) is 12.8 Å². The highest BCUT2D eigenvalue weighted by Crippen LogP contribution is 2.43. The summed E-state index contributed by atoms with van der Waals surface area (Å²) in [7, 11) is 0. The Kier molecular flexibility index (Phi) is 2.49. The van der Waals surface area contributed by atoms with Gasteiger partial charge in [-0.3, -0.25) is 4.99 Å². The molecular formula is C16H16N2S. The molecule has 0 radical (unpaired) electrons. The first-order valence-corrected chi connectivity index (χ1v) is 7.64. The van der Waals surface area contributed by atoms with Crippen LogP contribution < -0.4 is 5.32 Å². The van der Waals surface area contributed by atoms with E-state index in [-0.39, 0.29) is 6.04 Å². The van der Waals surface area contributed by atoms with Gasteiger partial charge >= 0.3 is 0 Å². The van der Waals surface area contributed by atoms with Gasteiger partial charge in [-0.05, 0) is 43.4 Å². The van der Waals surface area contributed by atoms with Crippen molar-refractivity contribution in [3.8, 4) is 0 Å². The van der Waals surface area contributed by atoms with Crippen molar-refractivity contribution in [2.45, 2.75) is 32.2 Å². The van der Waals surface area contributed by atoms with E-state index in [1.54, 1.807) is 10.4 Å². The van der Waals surface area contributed by atoms with Crippen molar-refractivity contribution in [1.29, 1.82) is 0 Å². The molecule has 4 rings (SSSR count). The van der Waals surface area contributed by atoms with E-state index in [0.717, 1.165) is 0 Å². The fraction of sp³-hybridized carbons (Fsp3) is 0.312. The molecule has 0 saturated carbocycles. The van der Waals surface area contributed by atoms with Gasteiger partial charge in [0.2, 0.25) is 0 Å². The number of fused-ring (bicyclic) bond motifs is 2. The summed E-state index contributed by atoms with van der Waals surface area (Å²) >= 11 is 1.98. The average molecular weight is 268 g/mol. The largest absolute Gasteiger partial charge is 0.346 e. The summed E-state index contributed by atoms with van der Waals surface area (Å²) in [5.41, 5.74) is 5.56. The Hall–Kier alpha value is -1.61. The highest BCUT2D eigenvalue weighted by Gasteiger charge is 2.28. The van der Waals surface area contributed by atoms with Gasteiger partial charge in [-0.25, -0.2) is 0 Å². The molecule has 2 aromatic rings. The van der Waals surface area contributed by atoms with Gasteiger partial charge in [-0.2, -0.15) is 0 Å². The van der Waals surface area contributed by atoms with Crippen molar-refractivity contribution in [3.05, 3.63) is 50.7 Å². The van der Waals surface area contributed by atoms with Gasteiger partial charge in [-0.15, -0.1) is 11.3 Å². The van der Waals surface area contributed by atoms with Crippen LogP contribution in [0.15, 0.2) is 29.3 Å². The van der Waals surface area contributed by atoms with E-state index >= 15 is 0 Å². The summed E-state index contributed by atoms with van der Waals surface area (Å²) in [4.78, 5) is 7.77. The van der Waals surface area contributed by atoms with Gasteiger partial charge in [0.15, 0.2) is 0 Å². The van der Waals surface area contributed by atoms with Crippen molar-refractivity contribution < 1.29 is 0 Å². The minimum Gasteiger partial charge on any atom is -0.346 e. The van der Waals surface area contributed by atoms with Crippen molar-refractivity contribution in [3.63, 3.8) is 0 Å². The van der Waals surface area contributed by atoms with E-state index in [1.165, 1.54) is 41.0 Å². The summed E-state index contributed by atoms with van der Waals surface area (Å²) in [5.74, 6) is 0. The SMILES string of the molecule is Cc1sc2c(c1C1N=CNc3ccccc31)CCC2. The monoisotopic (exact) mass is 268 g/mol. The molecule has 3 heteroatoms. The first kappa shape index (κ1) is 11.2. The lowest BCUT2D eigenvalue weighted by molar-refractivity contribution is 0.838. The third kappa shape index (κ3) is 1.65. The minimum absolute atomic E-state index is 0.190.